The Kier molecular flexibility index (Phi) is 7.78. The van der Waals surface area contributed by atoms with E-state index in [-0.39, 0.29) is 0 Å². The van der Waals surface area contributed by atoms with Crippen LogP contribution in [0.15, 0.2) is 206 Å². The lowest BCUT2D eigenvalue weighted by Gasteiger charge is -2.15. The minimum absolute atomic E-state index is 0.630. The number of hydrogen-bond acceptors (Lipinski definition) is 3. The molecule has 0 atom stereocenters. The lowest BCUT2D eigenvalue weighted by Crippen LogP contribution is -2.00. The van der Waals surface area contributed by atoms with Gasteiger partial charge in [-0.15, -0.1) is 0 Å². The van der Waals surface area contributed by atoms with Crippen LogP contribution < -0.4 is 0 Å². The zero-order chi connectivity index (χ0) is 37.7. The molecule has 2 aromatic heterocycles. The van der Waals surface area contributed by atoms with Crippen LogP contribution >= 0.6 is 0 Å². The van der Waals surface area contributed by atoms with E-state index in [1.807, 2.05) is 36.4 Å². The third kappa shape index (κ3) is 5.74. The second kappa shape index (κ2) is 13.6. The molecule has 0 bridgehead atoms. The van der Waals surface area contributed by atoms with E-state index in [0.29, 0.717) is 17.5 Å². The molecule has 0 saturated carbocycles. The van der Waals surface area contributed by atoms with Crippen molar-refractivity contribution in [3.63, 3.8) is 0 Å². The second-order valence-corrected chi connectivity index (χ2v) is 14.4. The summed E-state index contributed by atoms with van der Waals surface area (Å²) in [6, 6.07) is 72.9. The van der Waals surface area contributed by atoms with Crippen molar-refractivity contribution in [2.24, 2.45) is 0 Å². The van der Waals surface area contributed by atoms with Gasteiger partial charge in [0.1, 0.15) is 0 Å². The highest BCUT2D eigenvalue weighted by molar-refractivity contribution is 6.15. The van der Waals surface area contributed by atoms with Gasteiger partial charge in [0, 0.05) is 32.8 Å². The van der Waals surface area contributed by atoms with Crippen LogP contribution in [0.4, 0.5) is 0 Å². The summed E-state index contributed by atoms with van der Waals surface area (Å²) in [6.45, 7) is 0. The molecule has 0 aliphatic carbocycles. The fourth-order valence-electron chi connectivity index (χ4n) is 8.26. The van der Waals surface area contributed by atoms with Crippen LogP contribution in [0.2, 0.25) is 0 Å². The molecule has 266 valence electrons. The zero-order valence-corrected chi connectivity index (χ0v) is 30.9. The summed E-state index contributed by atoms with van der Waals surface area (Å²) in [5.41, 5.74) is 10.8. The molecule has 0 N–H and O–H groups in total. The molecular weight excluding hydrogens is 693 g/mol. The van der Waals surface area contributed by atoms with E-state index in [0.717, 1.165) is 38.9 Å². The molecule has 9 aromatic carbocycles. The van der Waals surface area contributed by atoms with Crippen molar-refractivity contribution in [3.8, 4) is 62.1 Å². The normalized spacial score (nSPS) is 11.5. The van der Waals surface area contributed by atoms with E-state index in [9.17, 15) is 0 Å². The Morgan fingerprint density at radius 2 is 0.737 bits per heavy atom. The van der Waals surface area contributed by atoms with Crippen molar-refractivity contribution in [2.45, 2.75) is 0 Å². The first kappa shape index (κ1) is 32.7. The van der Waals surface area contributed by atoms with Gasteiger partial charge in [-0.1, -0.05) is 182 Å². The van der Waals surface area contributed by atoms with Crippen LogP contribution in [0.25, 0.3) is 105 Å². The van der Waals surface area contributed by atoms with Gasteiger partial charge in [0.15, 0.2) is 17.5 Å². The molecule has 0 radical (unpaired) electrons. The van der Waals surface area contributed by atoms with Gasteiger partial charge in [-0.25, -0.2) is 15.0 Å². The molecule has 11 rings (SSSR count). The Morgan fingerprint density at radius 1 is 0.263 bits per heavy atom. The SMILES string of the molecule is c1ccc(-c2ccc(-c3nc(-c4ccccc4)nc(-c4cccc(-c5ccc6c7ccccc7n(-c7cc8ccccc8c8ccccc78)c6c5)c4)n3)cc2)cc1. The minimum atomic E-state index is 0.630. The van der Waals surface area contributed by atoms with E-state index in [4.69, 9.17) is 15.0 Å². The monoisotopic (exact) mass is 726 g/mol. The van der Waals surface area contributed by atoms with Gasteiger partial charge in [-0.3, -0.25) is 0 Å². The van der Waals surface area contributed by atoms with Gasteiger partial charge >= 0.3 is 0 Å². The maximum atomic E-state index is 5.10. The molecule has 0 spiro atoms. The highest BCUT2D eigenvalue weighted by Gasteiger charge is 2.18. The molecule has 0 amide bonds. The van der Waals surface area contributed by atoms with Gasteiger partial charge in [0.2, 0.25) is 0 Å². The first-order valence-corrected chi connectivity index (χ1v) is 19.3. The maximum Gasteiger partial charge on any atom is 0.164 e. The summed E-state index contributed by atoms with van der Waals surface area (Å²) in [5.74, 6) is 1.91. The third-order valence-electron chi connectivity index (χ3n) is 11.0. The number of fused-ring (bicyclic) bond motifs is 6. The van der Waals surface area contributed by atoms with E-state index < -0.39 is 0 Å². The smallest absolute Gasteiger partial charge is 0.164 e. The van der Waals surface area contributed by atoms with Gasteiger partial charge in [0.25, 0.3) is 0 Å². The molecule has 4 heteroatoms. The van der Waals surface area contributed by atoms with Crippen molar-refractivity contribution in [1.29, 1.82) is 0 Å². The zero-order valence-electron chi connectivity index (χ0n) is 30.9. The number of rotatable bonds is 6. The number of hydrogen-bond donors (Lipinski definition) is 0. The topological polar surface area (TPSA) is 43.6 Å². The third-order valence-corrected chi connectivity index (χ3v) is 11.0. The second-order valence-electron chi connectivity index (χ2n) is 14.4. The number of benzene rings is 9. The summed E-state index contributed by atoms with van der Waals surface area (Å²) in [6.07, 6.45) is 0. The molecule has 0 unspecified atom stereocenters. The van der Waals surface area contributed by atoms with Crippen LogP contribution in [-0.2, 0) is 0 Å². The van der Waals surface area contributed by atoms with Crippen LogP contribution in [0, 0.1) is 0 Å². The first-order valence-electron chi connectivity index (χ1n) is 19.3. The highest BCUT2D eigenvalue weighted by Crippen LogP contribution is 2.39. The fourth-order valence-corrected chi connectivity index (χ4v) is 8.26. The Balaban J connectivity index is 1.06. The Morgan fingerprint density at radius 3 is 1.49 bits per heavy atom. The van der Waals surface area contributed by atoms with Gasteiger partial charge in [-0.2, -0.15) is 0 Å². The summed E-state index contributed by atoms with van der Waals surface area (Å²) in [4.78, 5) is 15.1. The highest BCUT2D eigenvalue weighted by atomic mass is 15.0. The van der Waals surface area contributed by atoms with E-state index in [1.165, 1.54) is 49.1 Å². The summed E-state index contributed by atoms with van der Waals surface area (Å²) < 4.78 is 2.44. The summed E-state index contributed by atoms with van der Waals surface area (Å²) in [5, 5.41) is 7.40. The lowest BCUT2D eigenvalue weighted by molar-refractivity contribution is 1.07. The van der Waals surface area contributed by atoms with Gasteiger partial charge in [0.05, 0.1) is 16.7 Å². The Hall–Kier alpha value is -7.69. The van der Waals surface area contributed by atoms with Crippen molar-refractivity contribution < 1.29 is 0 Å². The van der Waals surface area contributed by atoms with Crippen molar-refractivity contribution >= 4 is 43.4 Å². The quantitative estimate of drug-likeness (QED) is 0.160. The average molecular weight is 727 g/mol. The molecule has 57 heavy (non-hydrogen) atoms. The number of aromatic nitrogens is 4. The van der Waals surface area contributed by atoms with Gasteiger partial charge < -0.3 is 4.57 Å². The number of para-hydroxylation sites is 1. The summed E-state index contributed by atoms with van der Waals surface area (Å²) >= 11 is 0. The van der Waals surface area contributed by atoms with Crippen LogP contribution in [-0.4, -0.2) is 19.5 Å². The molecule has 0 aliphatic heterocycles. The first-order chi connectivity index (χ1) is 28.2. The Bertz CT molecular complexity index is 3280. The van der Waals surface area contributed by atoms with E-state index in [2.05, 4.69) is 174 Å². The lowest BCUT2D eigenvalue weighted by atomic mass is 9.99. The molecule has 11 aromatic rings. The van der Waals surface area contributed by atoms with Crippen LogP contribution in [0.1, 0.15) is 0 Å². The molecule has 4 nitrogen and oxygen atoms in total. The standard InChI is InChI=1S/C53H34N4/c1-3-14-35(15-4-1)36-26-28-38(29-27-36)52-54-51(37-16-5-2-6-17-37)55-53(56-52)42-20-13-19-39(32-42)40-30-31-47-46-24-11-12-25-48(46)57(49(47)33-40)50-34-41-18-7-8-21-43(41)44-22-9-10-23-45(44)50/h1-34H. The van der Waals surface area contributed by atoms with Crippen LogP contribution in [0.3, 0.4) is 0 Å². The Labute approximate surface area is 330 Å². The minimum Gasteiger partial charge on any atom is -0.309 e. The average Bonchev–Trinajstić information content (AvgIpc) is 3.63. The van der Waals surface area contributed by atoms with Gasteiger partial charge in [-0.05, 0) is 62.7 Å². The van der Waals surface area contributed by atoms with E-state index in [1.54, 1.807) is 0 Å². The maximum absolute atomic E-state index is 5.10. The molecular formula is C53H34N4. The van der Waals surface area contributed by atoms with Crippen molar-refractivity contribution in [1.82, 2.24) is 19.5 Å². The van der Waals surface area contributed by atoms with Crippen LogP contribution in [0.5, 0.6) is 0 Å². The van der Waals surface area contributed by atoms with Crippen molar-refractivity contribution in [2.75, 3.05) is 0 Å². The predicted octanol–water partition coefficient (Wildman–Crippen LogP) is 13.6. The fraction of sp³-hybridized carbons (Fsp3) is 0. The summed E-state index contributed by atoms with van der Waals surface area (Å²) in [7, 11) is 0. The predicted molar refractivity (Wildman–Crippen MR) is 236 cm³/mol. The molecule has 2 heterocycles. The van der Waals surface area contributed by atoms with E-state index >= 15 is 0 Å². The number of nitrogens with zero attached hydrogens (tertiary/aromatic N) is 4. The van der Waals surface area contributed by atoms with Crippen molar-refractivity contribution in [3.05, 3.63) is 206 Å². The molecule has 0 saturated heterocycles. The largest absolute Gasteiger partial charge is 0.309 e. The molecule has 0 aliphatic rings. The molecule has 0 fully saturated rings.